The van der Waals surface area contributed by atoms with E-state index in [1.54, 1.807) is 33.5 Å². The Morgan fingerprint density at radius 3 is 2.42 bits per heavy atom. The van der Waals surface area contributed by atoms with Gasteiger partial charge in [-0.3, -0.25) is 9.59 Å². The molecule has 10 heteroatoms. The van der Waals surface area contributed by atoms with Crippen molar-refractivity contribution < 1.29 is 14.0 Å². The van der Waals surface area contributed by atoms with Crippen LogP contribution in [0.4, 0.5) is 4.39 Å². The summed E-state index contributed by atoms with van der Waals surface area (Å²) in [6.07, 6.45) is 0. The van der Waals surface area contributed by atoms with E-state index in [9.17, 15) is 14.0 Å². The summed E-state index contributed by atoms with van der Waals surface area (Å²) >= 11 is 7.96. The van der Waals surface area contributed by atoms with E-state index in [1.165, 1.54) is 35.2 Å². The Morgan fingerprint density at radius 1 is 1.19 bits per heavy atom. The van der Waals surface area contributed by atoms with Gasteiger partial charge in [0.1, 0.15) is 5.82 Å². The molecule has 26 heavy (non-hydrogen) atoms. The molecule has 1 aromatic carbocycles. The summed E-state index contributed by atoms with van der Waals surface area (Å²) in [4.78, 5) is 27.2. The third-order valence-corrected chi connectivity index (χ3v) is 6.35. The molecule has 138 valence electrons. The molecule has 1 aromatic heterocycles. The van der Waals surface area contributed by atoms with Crippen molar-refractivity contribution in [3.63, 3.8) is 0 Å². The monoisotopic (exact) mass is 412 g/mol. The first-order valence-corrected chi connectivity index (χ1v) is 10.2. The minimum atomic E-state index is -0.319. The van der Waals surface area contributed by atoms with Gasteiger partial charge in [-0.1, -0.05) is 23.1 Å². The van der Waals surface area contributed by atoms with Gasteiger partial charge in [0.05, 0.1) is 11.4 Å². The second-order valence-electron chi connectivity index (χ2n) is 5.70. The Labute approximate surface area is 163 Å². The number of aromatic nitrogens is 2. The second-order valence-corrected chi connectivity index (χ2v) is 8.54. The van der Waals surface area contributed by atoms with Gasteiger partial charge in [-0.25, -0.2) is 9.07 Å². The average molecular weight is 413 g/mol. The fourth-order valence-corrected chi connectivity index (χ4v) is 4.81. The third kappa shape index (κ3) is 4.49. The fraction of sp³-hybridized carbons (Fsp3) is 0.375. The van der Waals surface area contributed by atoms with Crippen LogP contribution < -0.4 is 0 Å². The summed E-state index contributed by atoms with van der Waals surface area (Å²) in [7, 11) is 0. The predicted molar refractivity (Wildman–Crippen MR) is 102 cm³/mol. The SMILES string of the molecule is CC(=O)N1CCN(C(=O)CSc2nn(-c3ccc(F)cc3)c(=S)s2)CC1. The van der Waals surface area contributed by atoms with Gasteiger partial charge in [-0.15, -0.1) is 5.10 Å². The van der Waals surface area contributed by atoms with Gasteiger partial charge in [0, 0.05) is 33.1 Å². The number of carbonyl (C=O) groups excluding carboxylic acids is 2. The van der Waals surface area contributed by atoms with E-state index in [1.807, 2.05) is 0 Å². The number of rotatable bonds is 4. The van der Waals surface area contributed by atoms with Crippen LogP contribution in [0.15, 0.2) is 28.6 Å². The van der Waals surface area contributed by atoms with Gasteiger partial charge in [-0.05, 0) is 36.5 Å². The normalized spacial score (nSPS) is 14.5. The maximum absolute atomic E-state index is 13.0. The molecule has 1 aliphatic rings. The average Bonchev–Trinajstić information content (AvgIpc) is 3.01. The Bertz CT molecular complexity index is 857. The largest absolute Gasteiger partial charge is 0.339 e. The summed E-state index contributed by atoms with van der Waals surface area (Å²) in [6, 6.07) is 5.93. The van der Waals surface area contributed by atoms with Crippen LogP contribution in [0.1, 0.15) is 6.92 Å². The first-order chi connectivity index (χ1) is 12.4. The minimum Gasteiger partial charge on any atom is -0.339 e. The molecule has 0 saturated carbocycles. The lowest BCUT2D eigenvalue weighted by Gasteiger charge is -2.34. The molecule has 0 N–H and O–H groups in total. The molecule has 6 nitrogen and oxygen atoms in total. The number of piperazine rings is 1. The third-order valence-electron chi connectivity index (χ3n) is 4.00. The van der Waals surface area contributed by atoms with Gasteiger partial charge in [0.25, 0.3) is 0 Å². The van der Waals surface area contributed by atoms with E-state index in [-0.39, 0.29) is 23.4 Å². The molecule has 2 amide bonds. The number of halogens is 1. The molecule has 3 rings (SSSR count). The van der Waals surface area contributed by atoms with E-state index in [0.717, 1.165) is 0 Å². The summed E-state index contributed by atoms with van der Waals surface area (Å²) in [5, 5.41) is 4.41. The number of amides is 2. The molecule has 1 fully saturated rings. The van der Waals surface area contributed by atoms with Gasteiger partial charge in [0.2, 0.25) is 11.8 Å². The first kappa shape index (κ1) is 19.0. The summed E-state index contributed by atoms with van der Waals surface area (Å²) < 4.78 is 15.8. The van der Waals surface area contributed by atoms with Crippen molar-refractivity contribution in [1.82, 2.24) is 19.6 Å². The lowest BCUT2D eigenvalue weighted by Crippen LogP contribution is -2.50. The molecule has 2 heterocycles. The zero-order valence-corrected chi connectivity index (χ0v) is 16.5. The van der Waals surface area contributed by atoms with Crippen molar-refractivity contribution in [3.8, 4) is 5.69 Å². The summed E-state index contributed by atoms with van der Waals surface area (Å²) in [5.74, 6) is 0.0111. The van der Waals surface area contributed by atoms with Crippen LogP contribution in [-0.4, -0.2) is 63.3 Å². The molecule has 0 spiro atoms. The number of hydrogen-bond donors (Lipinski definition) is 0. The van der Waals surface area contributed by atoms with E-state index in [4.69, 9.17) is 12.2 Å². The lowest BCUT2D eigenvalue weighted by molar-refractivity contribution is -0.136. The van der Waals surface area contributed by atoms with Crippen molar-refractivity contribution in [1.29, 1.82) is 0 Å². The van der Waals surface area contributed by atoms with Crippen LogP contribution in [0.5, 0.6) is 0 Å². The Hall–Kier alpha value is -1.78. The number of carbonyl (C=O) groups is 2. The van der Waals surface area contributed by atoms with Crippen molar-refractivity contribution in [3.05, 3.63) is 34.0 Å². The van der Waals surface area contributed by atoms with E-state index in [2.05, 4.69) is 5.10 Å². The van der Waals surface area contributed by atoms with Crippen LogP contribution in [0, 0.1) is 9.77 Å². The summed E-state index contributed by atoms with van der Waals surface area (Å²) in [6.45, 7) is 3.80. The van der Waals surface area contributed by atoms with Gasteiger partial charge in [0.15, 0.2) is 8.29 Å². The van der Waals surface area contributed by atoms with Gasteiger partial charge in [-0.2, -0.15) is 0 Å². The molecule has 1 aliphatic heterocycles. The zero-order valence-electron chi connectivity index (χ0n) is 14.1. The molecular formula is C16H17FN4O2S3. The van der Waals surface area contributed by atoms with Crippen molar-refractivity contribution in [2.45, 2.75) is 11.3 Å². The number of hydrogen-bond acceptors (Lipinski definition) is 6. The van der Waals surface area contributed by atoms with Gasteiger partial charge >= 0.3 is 0 Å². The van der Waals surface area contributed by atoms with Crippen molar-refractivity contribution in [2.75, 3.05) is 31.9 Å². The van der Waals surface area contributed by atoms with Crippen LogP contribution in [-0.2, 0) is 9.59 Å². The second kappa shape index (κ2) is 8.28. The highest BCUT2D eigenvalue weighted by Crippen LogP contribution is 2.24. The maximum atomic E-state index is 13.0. The molecule has 1 saturated heterocycles. The van der Waals surface area contributed by atoms with Crippen molar-refractivity contribution in [2.24, 2.45) is 0 Å². The Morgan fingerprint density at radius 2 is 1.81 bits per heavy atom. The Balaban J connectivity index is 1.58. The molecule has 0 aliphatic carbocycles. The quantitative estimate of drug-likeness (QED) is 0.571. The van der Waals surface area contributed by atoms with Crippen LogP contribution >= 0.6 is 35.3 Å². The van der Waals surface area contributed by atoms with Crippen LogP contribution in [0.2, 0.25) is 0 Å². The smallest absolute Gasteiger partial charge is 0.233 e. The summed E-state index contributed by atoms with van der Waals surface area (Å²) in [5.41, 5.74) is 0.686. The maximum Gasteiger partial charge on any atom is 0.233 e. The van der Waals surface area contributed by atoms with Crippen LogP contribution in [0.25, 0.3) is 5.69 Å². The number of thioether (sulfide) groups is 1. The minimum absolute atomic E-state index is 0.0210. The zero-order chi connectivity index (χ0) is 18.7. The van der Waals surface area contributed by atoms with Crippen molar-refractivity contribution >= 4 is 47.1 Å². The number of nitrogens with zero attached hydrogens (tertiary/aromatic N) is 4. The van der Waals surface area contributed by atoms with E-state index in [0.29, 0.717) is 40.2 Å². The highest BCUT2D eigenvalue weighted by atomic mass is 32.2. The highest BCUT2D eigenvalue weighted by Gasteiger charge is 2.22. The van der Waals surface area contributed by atoms with E-state index >= 15 is 0 Å². The fourth-order valence-electron chi connectivity index (χ4n) is 2.55. The molecule has 2 aromatic rings. The molecular weight excluding hydrogens is 395 g/mol. The Kier molecular flexibility index (Phi) is 6.05. The first-order valence-electron chi connectivity index (χ1n) is 7.96. The molecule has 0 radical (unpaired) electrons. The van der Waals surface area contributed by atoms with Gasteiger partial charge < -0.3 is 9.80 Å². The lowest BCUT2D eigenvalue weighted by atomic mass is 10.3. The van der Waals surface area contributed by atoms with Crippen LogP contribution in [0.3, 0.4) is 0 Å². The molecule has 0 atom stereocenters. The predicted octanol–water partition coefficient (Wildman–Crippen LogP) is 2.59. The molecule has 0 unspecified atom stereocenters. The highest BCUT2D eigenvalue weighted by molar-refractivity contribution is 8.01. The standard InChI is InChI=1S/C16H17FN4O2S3/c1-11(22)19-6-8-20(9-7-19)14(23)10-25-15-18-21(16(24)26-15)13-4-2-12(17)3-5-13/h2-5H,6-10H2,1H3. The topological polar surface area (TPSA) is 58.4 Å². The number of benzene rings is 1. The molecule has 0 bridgehead atoms. The van der Waals surface area contributed by atoms with E-state index < -0.39 is 0 Å².